The summed E-state index contributed by atoms with van der Waals surface area (Å²) in [6, 6.07) is 0. The van der Waals surface area contributed by atoms with Crippen molar-refractivity contribution in [2.24, 2.45) is 11.8 Å². The maximum atomic E-state index is 4.54. The van der Waals surface area contributed by atoms with Gasteiger partial charge in [0.25, 0.3) is 0 Å². The highest BCUT2D eigenvalue weighted by molar-refractivity contribution is 5.07. The topological polar surface area (TPSA) is 37.2 Å². The standard InChI is InChI=1S/C19H33N5/c1-15-11-16(2)13-23(12-15)10-9-22-7-3-5-17(14-22)19-21-20-18-6-4-8-24(18)19/h15-17H,3-14H2,1-2H3/t15-,16-,17-/m1/s1. The van der Waals surface area contributed by atoms with Crippen molar-refractivity contribution in [1.29, 1.82) is 0 Å². The normalized spacial score (nSPS) is 32.2. The van der Waals surface area contributed by atoms with Gasteiger partial charge in [-0.25, -0.2) is 0 Å². The number of piperidine rings is 2. The Morgan fingerprint density at radius 2 is 1.71 bits per heavy atom. The van der Waals surface area contributed by atoms with Gasteiger partial charge in [0.2, 0.25) is 0 Å². The van der Waals surface area contributed by atoms with Gasteiger partial charge in [-0.15, -0.1) is 10.2 Å². The first kappa shape index (κ1) is 16.5. The van der Waals surface area contributed by atoms with Gasteiger partial charge in [-0.3, -0.25) is 0 Å². The fraction of sp³-hybridized carbons (Fsp3) is 0.895. The molecule has 3 aliphatic rings. The van der Waals surface area contributed by atoms with Gasteiger partial charge >= 0.3 is 0 Å². The second kappa shape index (κ2) is 7.12. The van der Waals surface area contributed by atoms with Crippen LogP contribution in [0.2, 0.25) is 0 Å². The number of rotatable bonds is 4. The second-order valence-corrected chi connectivity index (χ2v) is 8.57. The molecule has 5 heteroatoms. The molecule has 0 aromatic carbocycles. The number of fused-ring (bicyclic) bond motifs is 1. The van der Waals surface area contributed by atoms with E-state index in [0.29, 0.717) is 5.92 Å². The molecule has 0 bridgehead atoms. The molecular formula is C19H33N5. The van der Waals surface area contributed by atoms with E-state index >= 15 is 0 Å². The first-order valence-corrected chi connectivity index (χ1v) is 10.1. The molecular weight excluding hydrogens is 298 g/mol. The van der Waals surface area contributed by atoms with Crippen molar-refractivity contribution in [2.75, 3.05) is 39.3 Å². The smallest absolute Gasteiger partial charge is 0.137 e. The average Bonchev–Trinajstić information content (AvgIpc) is 3.15. The van der Waals surface area contributed by atoms with Crippen LogP contribution in [0.4, 0.5) is 0 Å². The van der Waals surface area contributed by atoms with Crippen LogP contribution in [0.25, 0.3) is 0 Å². The van der Waals surface area contributed by atoms with Crippen molar-refractivity contribution < 1.29 is 0 Å². The van der Waals surface area contributed by atoms with E-state index in [9.17, 15) is 0 Å². The molecule has 3 atom stereocenters. The highest BCUT2D eigenvalue weighted by atomic mass is 15.3. The molecule has 1 aromatic heterocycles. The molecule has 0 amide bonds. The van der Waals surface area contributed by atoms with Crippen LogP contribution >= 0.6 is 0 Å². The molecule has 1 aromatic rings. The van der Waals surface area contributed by atoms with Crippen LogP contribution in [0.5, 0.6) is 0 Å². The number of aromatic nitrogens is 3. The minimum absolute atomic E-state index is 0.595. The summed E-state index contributed by atoms with van der Waals surface area (Å²) >= 11 is 0. The lowest BCUT2D eigenvalue weighted by Gasteiger charge is -2.38. The maximum Gasteiger partial charge on any atom is 0.137 e. The summed E-state index contributed by atoms with van der Waals surface area (Å²) in [4.78, 5) is 5.37. The van der Waals surface area contributed by atoms with E-state index in [1.807, 2.05) is 0 Å². The molecule has 2 saturated heterocycles. The van der Waals surface area contributed by atoms with Crippen molar-refractivity contribution in [3.63, 3.8) is 0 Å². The van der Waals surface area contributed by atoms with Gasteiger partial charge in [-0.2, -0.15) is 0 Å². The van der Waals surface area contributed by atoms with Crippen LogP contribution in [-0.2, 0) is 13.0 Å². The molecule has 0 aliphatic carbocycles. The molecule has 0 saturated carbocycles. The lowest BCUT2D eigenvalue weighted by atomic mass is 9.92. The summed E-state index contributed by atoms with van der Waals surface area (Å²) in [5.41, 5.74) is 0. The Balaban J connectivity index is 1.32. The number of hydrogen-bond donors (Lipinski definition) is 0. The van der Waals surface area contributed by atoms with Crippen molar-refractivity contribution in [3.05, 3.63) is 11.6 Å². The fourth-order valence-electron chi connectivity index (χ4n) is 5.20. The van der Waals surface area contributed by atoms with Gasteiger partial charge in [0, 0.05) is 51.6 Å². The quantitative estimate of drug-likeness (QED) is 0.849. The molecule has 4 rings (SSSR count). The Bertz CT molecular complexity index is 544. The first-order chi connectivity index (χ1) is 11.7. The van der Waals surface area contributed by atoms with Crippen molar-refractivity contribution in [1.82, 2.24) is 24.6 Å². The monoisotopic (exact) mass is 331 g/mol. The number of hydrogen-bond acceptors (Lipinski definition) is 4. The van der Waals surface area contributed by atoms with Crippen LogP contribution in [-0.4, -0.2) is 63.8 Å². The van der Waals surface area contributed by atoms with E-state index in [0.717, 1.165) is 24.8 Å². The molecule has 0 N–H and O–H groups in total. The number of nitrogens with zero attached hydrogens (tertiary/aromatic N) is 5. The minimum Gasteiger partial charge on any atom is -0.315 e. The molecule has 0 unspecified atom stereocenters. The Morgan fingerprint density at radius 3 is 2.54 bits per heavy atom. The minimum atomic E-state index is 0.595. The van der Waals surface area contributed by atoms with Crippen molar-refractivity contribution in [2.45, 2.75) is 58.4 Å². The van der Waals surface area contributed by atoms with Crippen molar-refractivity contribution in [3.8, 4) is 0 Å². The predicted octanol–water partition coefficient (Wildman–Crippen LogP) is 2.38. The zero-order valence-electron chi connectivity index (χ0n) is 15.5. The Kier molecular flexibility index (Phi) is 4.90. The van der Waals surface area contributed by atoms with Gasteiger partial charge in [0.1, 0.15) is 11.6 Å². The third-order valence-corrected chi connectivity index (χ3v) is 6.19. The van der Waals surface area contributed by atoms with Crippen LogP contribution in [0.1, 0.15) is 57.1 Å². The molecule has 3 aliphatic heterocycles. The summed E-state index contributed by atoms with van der Waals surface area (Å²) in [5, 5.41) is 8.96. The summed E-state index contributed by atoms with van der Waals surface area (Å²) in [7, 11) is 0. The van der Waals surface area contributed by atoms with Gasteiger partial charge in [-0.05, 0) is 44.1 Å². The Morgan fingerprint density at radius 1 is 0.917 bits per heavy atom. The van der Waals surface area contributed by atoms with Gasteiger partial charge in [0.05, 0.1) is 0 Å². The van der Waals surface area contributed by atoms with Crippen LogP contribution in [0.15, 0.2) is 0 Å². The van der Waals surface area contributed by atoms with E-state index in [4.69, 9.17) is 0 Å². The number of likely N-dealkylation sites (tertiary alicyclic amines) is 2. The van der Waals surface area contributed by atoms with Crippen LogP contribution in [0.3, 0.4) is 0 Å². The maximum absolute atomic E-state index is 4.54. The summed E-state index contributed by atoms with van der Waals surface area (Å²) in [5.74, 6) is 4.81. The van der Waals surface area contributed by atoms with E-state index in [1.165, 1.54) is 76.6 Å². The van der Waals surface area contributed by atoms with Crippen molar-refractivity contribution >= 4 is 0 Å². The highest BCUT2D eigenvalue weighted by Crippen LogP contribution is 2.28. The Hall–Kier alpha value is -0.940. The summed E-state index contributed by atoms with van der Waals surface area (Å²) in [6.45, 7) is 13.4. The molecule has 5 nitrogen and oxygen atoms in total. The van der Waals surface area contributed by atoms with E-state index in [1.54, 1.807) is 0 Å². The van der Waals surface area contributed by atoms with Gasteiger partial charge in [-0.1, -0.05) is 13.8 Å². The van der Waals surface area contributed by atoms with Crippen LogP contribution in [0, 0.1) is 11.8 Å². The largest absolute Gasteiger partial charge is 0.315 e. The molecule has 134 valence electrons. The molecule has 0 spiro atoms. The average molecular weight is 332 g/mol. The molecule has 0 radical (unpaired) electrons. The van der Waals surface area contributed by atoms with Gasteiger partial charge in [0.15, 0.2) is 0 Å². The fourth-order valence-corrected chi connectivity index (χ4v) is 5.20. The molecule has 4 heterocycles. The number of aryl methyl sites for hydroxylation is 1. The third kappa shape index (κ3) is 3.52. The van der Waals surface area contributed by atoms with E-state index < -0.39 is 0 Å². The van der Waals surface area contributed by atoms with Gasteiger partial charge < -0.3 is 14.4 Å². The summed E-state index contributed by atoms with van der Waals surface area (Å²) in [6.07, 6.45) is 6.36. The zero-order chi connectivity index (χ0) is 16.5. The lowest BCUT2D eigenvalue weighted by molar-refractivity contribution is 0.112. The first-order valence-electron chi connectivity index (χ1n) is 10.1. The van der Waals surface area contributed by atoms with Crippen LogP contribution < -0.4 is 0 Å². The summed E-state index contributed by atoms with van der Waals surface area (Å²) < 4.78 is 2.40. The zero-order valence-corrected chi connectivity index (χ0v) is 15.5. The van der Waals surface area contributed by atoms with E-state index in [2.05, 4.69) is 38.4 Å². The third-order valence-electron chi connectivity index (χ3n) is 6.19. The Labute approximate surface area is 146 Å². The SMILES string of the molecule is C[C@@H]1C[C@@H](C)CN(CCN2CCC[C@@H](c3nnc4n3CCC4)C2)C1. The van der Waals surface area contributed by atoms with E-state index in [-0.39, 0.29) is 0 Å². The molecule has 2 fully saturated rings. The lowest BCUT2D eigenvalue weighted by Crippen LogP contribution is -2.45. The molecule has 24 heavy (non-hydrogen) atoms. The highest BCUT2D eigenvalue weighted by Gasteiger charge is 2.29. The predicted molar refractivity (Wildman–Crippen MR) is 96.1 cm³/mol. The second-order valence-electron chi connectivity index (χ2n) is 8.57.